The van der Waals surface area contributed by atoms with Gasteiger partial charge in [-0.15, -0.1) is 0 Å². The molecule has 2 nitrogen and oxygen atoms in total. The summed E-state index contributed by atoms with van der Waals surface area (Å²) in [6, 6.07) is 26.4. The first-order chi connectivity index (χ1) is 14.5. The summed E-state index contributed by atoms with van der Waals surface area (Å²) in [6.45, 7) is 8.75. The van der Waals surface area contributed by atoms with Crippen LogP contribution < -0.4 is 4.90 Å². The van der Waals surface area contributed by atoms with E-state index in [1.54, 1.807) is 0 Å². The molecule has 1 fully saturated rings. The van der Waals surface area contributed by atoms with Crippen LogP contribution in [0.2, 0.25) is 10.0 Å². The molecule has 0 radical (unpaired) electrons. The molecule has 1 saturated heterocycles. The summed E-state index contributed by atoms with van der Waals surface area (Å²) in [5, 5.41) is 1.53. The Labute approximate surface area is 190 Å². The van der Waals surface area contributed by atoms with Gasteiger partial charge in [-0.05, 0) is 73.9 Å². The number of hydrogen-bond donors (Lipinski definition) is 0. The Bertz CT molecular complexity index is 939. The number of halogens is 2. The molecule has 4 heteroatoms. The molecule has 30 heavy (non-hydrogen) atoms. The maximum Gasteiger partial charge on any atom is 0.0605 e. The number of nitrogens with zero attached hydrogens (tertiary/aromatic N) is 2. The molecular weight excluding hydrogens is 411 g/mol. The smallest absolute Gasteiger partial charge is 0.0605 e. The Morgan fingerprint density at radius 3 is 1.97 bits per heavy atom. The molecule has 0 amide bonds. The maximum absolute atomic E-state index is 6.17. The van der Waals surface area contributed by atoms with Gasteiger partial charge in [-0.25, -0.2) is 0 Å². The highest BCUT2D eigenvalue weighted by Crippen LogP contribution is 2.39. The summed E-state index contributed by atoms with van der Waals surface area (Å²) in [7, 11) is 0. The second kappa shape index (κ2) is 9.01. The van der Waals surface area contributed by atoms with Crippen LogP contribution in [0.15, 0.2) is 72.8 Å². The largest absolute Gasteiger partial charge is 0.366 e. The number of rotatable bonds is 6. The van der Waals surface area contributed by atoms with Crippen LogP contribution in [0.3, 0.4) is 0 Å². The van der Waals surface area contributed by atoms with Gasteiger partial charge in [-0.1, -0.05) is 59.6 Å². The highest BCUT2D eigenvalue weighted by atomic mass is 35.5. The molecule has 156 valence electrons. The molecule has 2 atom stereocenters. The summed E-state index contributed by atoms with van der Waals surface area (Å²) in [5.74, 6) is 0. The predicted molar refractivity (Wildman–Crippen MR) is 129 cm³/mol. The second-order valence-electron chi connectivity index (χ2n) is 8.14. The van der Waals surface area contributed by atoms with Crippen molar-refractivity contribution in [3.8, 4) is 0 Å². The molecule has 1 aliphatic rings. The topological polar surface area (TPSA) is 6.48 Å². The molecular formula is C26H28Cl2N2. The minimum atomic E-state index is 0.182. The number of hydrogen-bond acceptors (Lipinski definition) is 2. The first kappa shape index (κ1) is 21.2. The van der Waals surface area contributed by atoms with E-state index in [0.717, 1.165) is 23.1 Å². The van der Waals surface area contributed by atoms with Crippen molar-refractivity contribution in [3.63, 3.8) is 0 Å². The van der Waals surface area contributed by atoms with Crippen LogP contribution in [-0.2, 0) is 0 Å². The Morgan fingerprint density at radius 1 is 0.933 bits per heavy atom. The Morgan fingerprint density at radius 2 is 1.50 bits per heavy atom. The monoisotopic (exact) mass is 438 g/mol. The lowest BCUT2D eigenvalue weighted by Gasteiger charge is -2.55. The van der Waals surface area contributed by atoms with Gasteiger partial charge in [0.25, 0.3) is 0 Å². The number of likely N-dealkylation sites (N-methyl/N-ethyl adjacent to an activating group) is 1. The molecule has 2 unspecified atom stereocenters. The third-order valence-corrected chi connectivity index (χ3v) is 6.76. The number of anilines is 1. The zero-order valence-electron chi connectivity index (χ0n) is 17.7. The first-order valence-electron chi connectivity index (χ1n) is 10.6. The predicted octanol–water partition coefficient (Wildman–Crippen LogP) is 6.99. The van der Waals surface area contributed by atoms with Crippen LogP contribution in [0.1, 0.15) is 36.6 Å². The first-order valence-corrected chi connectivity index (χ1v) is 11.3. The van der Waals surface area contributed by atoms with Crippen LogP contribution in [0.4, 0.5) is 5.69 Å². The summed E-state index contributed by atoms with van der Waals surface area (Å²) < 4.78 is 0. The molecule has 0 spiro atoms. The Kier molecular flexibility index (Phi) is 6.38. The zero-order valence-corrected chi connectivity index (χ0v) is 19.2. The normalized spacial score (nSPS) is 19.0. The lowest BCUT2D eigenvalue weighted by Crippen LogP contribution is -2.66. The zero-order chi connectivity index (χ0) is 21.3. The van der Waals surface area contributed by atoms with Crippen molar-refractivity contribution in [2.24, 2.45) is 0 Å². The third-order valence-electron chi connectivity index (χ3n) is 6.26. The number of aryl methyl sites for hydroxylation is 1. The highest BCUT2D eigenvalue weighted by molar-refractivity contribution is 6.30. The van der Waals surface area contributed by atoms with Crippen molar-refractivity contribution < 1.29 is 0 Å². The van der Waals surface area contributed by atoms with Gasteiger partial charge in [-0.2, -0.15) is 0 Å². The van der Waals surface area contributed by atoms with Gasteiger partial charge in [0.1, 0.15) is 0 Å². The van der Waals surface area contributed by atoms with E-state index in [9.17, 15) is 0 Å². The van der Waals surface area contributed by atoms with Crippen molar-refractivity contribution in [1.82, 2.24) is 4.90 Å². The van der Waals surface area contributed by atoms with Crippen molar-refractivity contribution in [3.05, 3.63) is 99.5 Å². The van der Waals surface area contributed by atoms with Gasteiger partial charge in [0.2, 0.25) is 0 Å². The van der Waals surface area contributed by atoms with Crippen molar-refractivity contribution >= 4 is 28.9 Å². The van der Waals surface area contributed by atoms with Crippen LogP contribution in [-0.4, -0.2) is 30.1 Å². The average Bonchev–Trinajstić information content (AvgIpc) is 2.75. The van der Waals surface area contributed by atoms with E-state index in [1.165, 1.54) is 22.4 Å². The maximum atomic E-state index is 6.17. The van der Waals surface area contributed by atoms with Gasteiger partial charge < -0.3 is 4.90 Å². The van der Waals surface area contributed by atoms with E-state index in [1.807, 2.05) is 24.3 Å². The Balaban J connectivity index is 1.62. The van der Waals surface area contributed by atoms with Gasteiger partial charge >= 0.3 is 0 Å². The molecule has 3 aromatic rings. The molecule has 0 aromatic heterocycles. The van der Waals surface area contributed by atoms with Gasteiger partial charge in [-0.3, -0.25) is 4.90 Å². The van der Waals surface area contributed by atoms with E-state index >= 15 is 0 Å². The number of likely N-dealkylation sites (tertiary alicyclic amines) is 1. The lowest BCUT2D eigenvalue weighted by molar-refractivity contribution is 0.0406. The van der Waals surface area contributed by atoms with Crippen LogP contribution in [0, 0.1) is 6.92 Å². The van der Waals surface area contributed by atoms with Gasteiger partial charge in [0, 0.05) is 34.9 Å². The highest BCUT2D eigenvalue weighted by Gasteiger charge is 2.43. The van der Waals surface area contributed by atoms with Crippen molar-refractivity contribution in [1.29, 1.82) is 0 Å². The summed E-state index contributed by atoms with van der Waals surface area (Å²) in [6.07, 6.45) is 0. The second-order valence-corrected chi connectivity index (χ2v) is 9.01. The van der Waals surface area contributed by atoms with E-state index in [2.05, 4.69) is 79.1 Å². The third kappa shape index (κ3) is 4.23. The van der Waals surface area contributed by atoms with E-state index < -0.39 is 0 Å². The van der Waals surface area contributed by atoms with E-state index in [0.29, 0.717) is 12.1 Å². The van der Waals surface area contributed by atoms with Crippen LogP contribution >= 0.6 is 23.2 Å². The fourth-order valence-corrected chi connectivity index (χ4v) is 4.85. The van der Waals surface area contributed by atoms with Gasteiger partial charge in [0.05, 0.1) is 12.1 Å². The SMILES string of the molecule is CCN(c1cccc(C)c1)C1CN(C(c2ccc(Cl)cc2)c2ccc(Cl)cc2)C1C. The van der Waals surface area contributed by atoms with E-state index in [-0.39, 0.29) is 6.04 Å². The fourth-order valence-electron chi connectivity index (χ4n) is 4.60. The van der Waals surface area contributed by atoms with Crippen molar-refractivity contribution in [2.45, 2.75) is 38.9 Å². The molecule has 1 aliphatic heterocycles. The summed E-state index contributed by atoms with van der Waals surface area (Å²) in [5.41, 5.74) is 5.12. The van der Waals surface area contributed by atoms with Gasteiger partial charge in [0.15, 0.2) is 0 Å². The van der Waals surface area contributed by atoms with Crippen LogP contribution in [0.25, 0.3) is 0 Å². The standard InChI is InChI=1S/C26H28Cl2N2/c1-4-29(24-7-5-6-18(2)16-24)25-17-30(19(25)3)26(20-8-12-22(27)13-9-20)21-10-14-23(28)15-11-21/h5-16,19,25-26H,4,17H2,1-3H3. The average molecular weight is 439 g/mol. The van der Waals surface area contributed by atoms with Crippen molar-refractivity contribution in [2.75, 3.05) is 18.0 Å². The summed E-state index contributed by atoms with van der Waals surface area (Å²) >= 11 is 12.3. The Hall–Kier alpha value is -2.00. The minimum Gasteiger partial charge on any atom is -0.366 e. The quantitative estimate of drug-likeness (QED) is 0.408. The molecule has 1 heterocycles. The molecule has 0 N–H and O–H groups in total. The summed E-state index contributed by atoms with van der Waals surface area (Å²) in [4.78, 5) is 5.12. The molecule has 4 rings (SSSR count). The minimum absolute atomic E-state index is 0.182. The molecule has 0 bridgehead atoms. The fraction of sp³-hybridized carbons (Fsp3) is 0.308. The van der Waals surface area contributed by atoms with Crippen LogP contribution in [0.5, 0.6) is 0 Å². The molecule has 0 saturated carbocycles. The molecule has 3 aromatic carbocycles. The number of benzene rings is 3. The van der Waals surface area contributed by atoms with E-state index in [4.69, 9.17) is 23.2 Å². The molecule has 0 aliphatic carbocycles. The lowest BCUT2D eigenvalue weighted by atomic mass is 9.87.